The summed E-state index contributed by atoms with van der Waals surface area (Å²) in [6, 6.07) is 0. The van der Waals surface area contributed by atoms with E-state index in [9.17, 15) is 8.42 Å². The van der Waals surface area contributed by atoms with Gasteiger partial charge in [-0.2, -0.15) is 0 Å². The summed E-state index contributed by atoms with van der Waals surface area (Å²) in [4.78, 5) is 5.53. The first kappa shape index (κ1) is 10.9. The van der Waals surface area contributed by atoms with Crippen LogP contribution in [-0.4, -0.2) is 19.2 Å². The number of fused-ring (bicyclic) bond motifs is 1. The summed E-state index contributed by atoms with van der Waals surface area (Å²) in [5.74, 6) is 0.164. The molecular formula is C9H14N2O2S2. The Morgan fingerprint density at radius 2 is 2.27 bits per heavy atom. The van der Waals surface area contributed by atoms with E-state index in [1.165, 1.54) is 16.2 Å². The second-order valence-electron chi connectivity index (χ2n) is 3.66. The third-order valence-corrected chi connectivity index (χ3v) is 4.96. The number of aromatic nitrogens is 1. The molecule has 0 saturated carbocycles. The fraction of sp³-hybridized carbons (Fsp3) is 0.667. The molecular weight excluding hydrogens is 232 g/mol. The van der Waals surface area contributed by atoms with Crippen molar-refractivity contribution in [3.05, 3.63) is 10.6 Å². The van der Waals surface area contributed by atoms with Crippen LogP contribution in [0.25, 0.3) is 0 Å². The van der Waals surface area contributed by atoms with Gasteiger partial charge in [0.25, 0.3) is 0 Å². The second kappa shape index (κ2) is 4.09. The van der Waals surface area contributed by atoms with Crippen LogP contribution in [0.4, 0.5) is 5.13 Å². The fourth-order valence-corrected chi connectivity index (χ4v) is 4.09. The van der Waals surface area contributed by atoms with Gasteiger partial charge in [-0.3, -0.25) is 4.72 Å². The third-order valence-electron chi connectivity index (χ3n) is 2.31. The Morgan fingerprint density at radius 3 is 2.93 bits per heavy atom. The van der Waals surface area contributed by atoms with Gasteiger partial charge in [0.1, 0.15) is 0 Å². The lowest BCUT2D eigenvalue weighted by Gasteiger charge is -2.02. The summed E-state index contributed by atoms with van der Waals surface area (Å²) in [6.45, 7) is 1.85. The Bertz CT molecular complexity index is 429. The van der Waals surface area contributed by atoms with E-state index in [2.05, 4.69) is 9.71 Å². The molecule has 0 spiro atoms. The Hall–Kier alpha value is -0.620. The molecule has 1 heterocycles. The van der Waals surface area contributed by atoms with E-state index >= 15 is 0 Å². The summed E-state index contributed by atoms with van der Waals surface area (Å²) in [7, 11) is -3.17. The van der Waals surface area contributed by atoms with Gasteiger partial charge in [0.05, 0.1) is 11.4 Å². The SMILES string of the molecule is CCCS(=O)(=O)Nc1nc2c(s1)CCC2. The molecule has 0 saturated heterocycles. The lowest BCUT2D eigenvalue weighted by Crippen LogP contribution is -2.15. The molecule has 0 aromatic carbocycles. The molecule has 84 valence electrons. The van der Waals surface area contributed by atoms with Gasteiger partial charge >= 0.3 is 0 Å². The van der Waals surface area contributed by atoms with Gasteiger partial charge in [0, 0.05) is 4.88 Å². The first-order valence-electron chi connectivity index (χ1n) is 5.10. The highest BCUT2D eigenvalue weighted by atomic mass is 32.2. The van der Waals surface area contributed by atoms with E-state index < -0.39 is 10.0 Å². The molecule has 15 heavy (non-hydrogen) atoms. The average molecular weight is 246 g/mol. The molecule has 1 aliphatic carbocycles. The monoisotopic (exact) mass is 246 g/mol. The van der Waals surface area contributed by atoms with Crippen molar-refractivity contribution in [3.8, 4) is 0 Å². The second-order valence-corrected chi connectivity index (χ2v) is 6.59. The third kappa shape index (κ3) is 2.49. The molecule has 1 N–H and O–H groups in total. The van der Waals surface area contributed by atoms with Gasteiger partial charge < -0.3 is 0 Å². The van der Waals surface area contributed by atoms with Crippen LogP contribution >= 0.6 is 11.3 Å². The van der Waals surface area contributed by atoms with Gasteiger partial charge in [-0.15, -0.1) is 11.3 Å². The molecule has 0 unspecified atom stereocenters. The van der Waals surface area contributed by atoms with Gasteiger partial charge in [-0.25, -0.2) is 13.4 Å². The standard InChI is InChI=1S/C9H14N2O2S2/c1-2-6-15(12,13)11-9-10-7-4-3-5-8(7)14-9/h2-6H2,1H3,(H,10,11). The van der Waals surface area contributed by atoms with Crippen LogP contribution in [0.3, 0.4) is 0 Å². The van der Waals surface area contributed by atoms with Crippen molar-refractivity contribution in [2.24, 2.45) is 0 Å². The number of aryl methyl sites for hydroxylation is 2. The minimum absolute atomic E-state index is 0.164. The van der Waals surface area contributed by atoms with Crippen LogP contribution in [0.5, 0.6) is 0 Å². The van der Waals surface area contributed by atoms with Crippen LogP contribution in [-0.2, 0) is 22.9 Å². The molecule has 4 nitrogen and oxygen atoms in total. The van der Waals surface area contributed by atoms with Crippen molar-refractivity contribution < 1.29 is 8.42 Å². The van der Waals surface area contributed by atoms with Crippen LogP contribution in [0, 0.1) is 0 Å². The van der Waals surface area contributed by atoms with E-state index in [4.69, 9.17) is 0 Å². The fourth-order valence-electron chi connectivity index (χ4n) is 1.69. The summed E-state index contributed by atoms with van der Waals surface area (Å²) >= 11 is 1.47. The first-order valence-corrected chi connectivity index (χ1v) is 7.56. The molecule has 2 rings (SSSR count). The lowest BCUT2D eigenvalue weighted by atomic mass is 10.4. The highest BCUT2D eigenvalue weighted by molar-refractivity contribution is 7.92. The highest BCUT2D eigenvalue weighted by Crippen LogP contribution is 2.30. The molecule has 0 fully saturated rings. The maximum absolute atomic E-state index is 11.5. The molecule has 1 aromatic rings. The summed E-state index contributed by atoms with van der Waals surface area (Å²) in [5, 5.41) is 0.535. The van der Waals surface area contributed by atoms with Crippen molar-refractivity contribution in [2.75, 3.05) is 10.5 Å². The maximum atomic E-state index is 11.5. The molecule has 0 aliphatic heterocycles. The predicted octanol–water partition coefficient (Wildman–Crippen LogP) is 1.78. The number of thiazole rings is 1. The normalized spacial score (nSPS) is 15.3. The molecule has 1 aromatic heterocycles. The van der Waals surface area contributed by atoms with Crippen molar-refractivity contribution in [3.63, 3.8) is 0 Å². The van der Waals surface area contributed by atoms with Crippen molar-refractivity contribution in [2.45, 2.75) is 32.6 Å². The smallest absolute Gasteiger partial charge is 0.234 e. The number of anilines is 1. The molecule has 0 bridgehead atoms. The minimum atomic E-state index is -3.17. The van der Waals surface area contributed by atoms with Crippen LogP contribution in [0.15, 0.2) is 0 Å². The molecule has 0 radical (unpaired) electrons. The minimum Gasteiger partial charge on any atom is -0.259 e. The van der Waals surface area contributed by atoms with E-state index in [0.29, 0.717) is 11.6 Å². The van der Waals surface area contributed by atoms with Crippen LogP contribution in [0.2, 0.25) is 0 Å². The van der Waals surface area contributed by atoms with Gasteiger partial charge in [0.2, 0.25) is 10.0 Å². The summed E-state index contributed by atoms with van der Waals surface area (Å²) in [5.41, 5.74) is 1.08. The topological polar surface area (TPSA) is 59.1 Å². The van der Waals surface area contributed by atoms with Crippen LogP contribution < -0.4 is 4.72 Å². The molecule has 6 heteroatoms. The summed E-state index contributed by atoms with van der Waals surface area (Å²) < 4.78 is 25.5. The van der Waals surface area contributed by atoms with Gasteiger partial charge in [-0.05, 0) is 25.7 Å². The highest BCUT2D eigenvalue weighted by Gasteiger charge is 2.19. The van der Waals surface area contributed by atoms with Crippen molar-refractivity contribution in [1.82, 2.24) is 4.98 Å². The summed E-state index contributed by atoms with van der Waals surface area (Å²) in [6.07, 6.45) is 3.81. The lowest BCUT2D eigenvalue weighted by molar-refractivity contribution is 0.600. The van der Waals surface area contributed by atoms with Gasteiger partial charge in [0.15, 0.2) is 5.13 Å². The molecule has 0 amide bonds. The number of hydrogen-bond donors (Lipinski definition) is 1. The molecule has 1 aliphatic rings. The largest absolute Gasteiger partial charge is 0.259 e. The Balaban J connectivity index is 2.12. The Labute approximate surface area is 93.8 Å². The van der Waals surface area contributed by atoms with Crippen LogP contribution in [0.1, 0.15) is 30.3 Å². The number of sulfonamides is 1. The van der Waals surface area contributed by atoms with E-state index in [1.54, 1.807) is 0 Å². The van der Waals surface area contributed by atoms with Crippen molar-refractivity contribution in [1.29, 1.82) is 0 Å². The van der Waals surface area contributed by atoms with E-state index in [0.717, 1.165) is 25.0 Å². The van der Waals surface area contributed by atoms with Gasteiger partial charge in [-0.1, -0.05) is 6.92 Å². The number of hydrogen-bond acceptors (Lipinski definition) is 4. The van der Waals surface area contributed by atoms with E-state index in [-0.39, 0.29) is 5.75 Å². The molecule has 0 atom stereocenters. The average Bonchev–Trinajstić information content (AvgIpc) is 2.61. The Morgan fingerprint density at radius 1 is 1.47 bits per heavy atom. The number of nitrogens with zero attached hydrogens (tertiary/aromatic N) is 1. The van der Waals surface area contributed by atoms with E-state index in [1.807, 2.05) is 6.92 Å². The van der Waals surface area contributed by atoms with Crippen molar-refractivity contribution >= 4 is 26.5 Å². The quantitative estimate of drug-likeness (QED) is 0.881. The zero-order valence-electron chi connectivity index (χ0n) is 8.62. The Kier molecular flexibility index (Phi) is 2.97. The predicted molar refractivity (Wildman–Crippen MR) is 61.8 cm³/mol. The number of nitrogens with one attached hydrogen (secondary N) is 1. The first-order chi connectivity index (χ1) is 7.11. The zero-order chi connectivity index (χ0) is 10.9. The maximum Gasteiger partial charge on any atom is 0.234 e. The zero-order valence-corrected chi connectivity index (χ0v) is 10.2. The number of rotatable bonds is 4.